The lowest BCUT2D eigenvalue weighted by molar-refractivity contribution is -0.143. The number of aryl methyl sites for hydroxylation is 2. The van der Waals surface area contributed by atoms with E-state index >= 15 is 0 Å². The zero-order valence-electron chi connectivity index (χ0n) is 21.5. The Morgan fingerprint density at radius 1 is 0.972 bits per heavy atom. The predicted molar refractivity (Wildman–Crippen MR) is 148 cm³/mol. The lowest BCUT2D eigenvalue weighted by Crippen LogP contribution is -2.53. The molecule has 2 amide bonds. The van der Waals surface area contributed by atoms with Gasteiger partial charge < -0.3 is 15.0 Å². The van der Waals surface area contributed by atoms with Crippen LogP contribution in [0.5, 0.6) is 5.75 Å². The summed E-state index contributed by atoms with van der Waals surface area (Å²) in [4.78, 5) is 28.9. The molecular weight excluding hydrogens is 516 g/mol. The maximum atomic E-state index is 13.7. The molecule has 0 saturated carbocycles. The number of carbonyl (C=O) groups excluding carboxylic acids is 2. The van der Waals surface area contributed by atoms with Crippen molar-refractivity contribution in [1.82, 2.24) is 10.2 Å². The first-order valence-electron chi connectivity index (χ1n) is 12.3. The van der Waals surface area contributed by atoms with Crippen molar-refractivity contribution in [3.63, 3.8) is 0 Å². The number of rotatable bonds is 11. The van der Waals surface area contributed by atoms with Gasteiger partial charge in [-0.2, -0.15) is 0 Å². The van der Waals surface area contributed by atoms with Crippen LogP contribution in [0.15, 0.2) is 77.3 Å². The normalized spacial score (nSPS) is 12.5. The molecular formula is C30H35BrN2O3. The van der Waals surface area contributed by atoms with Crippen LogP contribution in [-0.4, -0.2) is 35.4 Å². The highest BCUT2D eigenvalue weighted by Gasteiger charge is 2.31. The maximum Gasteiger partial charge on any atom is 0.261 e. The van der Waals surface area contributed by atoms with Gasteiger partial charge in [-0.15, -0.1) is 0 Å². The average Bonchev–Trinajstić information content (AvgIpc) is 2.86. The Bertz CT molecular complexity index is 1170. The predicted octanol–water partition coefficient (Wildman–Crippen LogP) is 6.00. The number of nitrogens with one attached hydrogen (secondary N) is 1. The number of carbonyl (C=O) groups is 2. The number of benzene rings is 3. The van der Waals surface area contributed by atoms with E-state index in [1.807, 2.05) is 100 Å². The molecule has 0 aromatic heterocycles. The van der Waals surface area contributed by atoms with E-state index in [0.717, 1.165) is 33.1 Å². The summed E-state index contributed by atoms with van der Waals surface area (Å²) in [7, 11) is 0. The van der Waals surface area contributed by atoms with Gasteiger partial charge >= 0.3 is 0 Å². The molecule has 0 aliphatic carbocycles. The molecule has 1 N–H and O–H groups in total. The molecule has 2 atom stereocenters. The monoisotopic (exact) mass is 550 g/mol. The third-order valence-electron chi connectivity index (χ3n) is 6.20. The van der Waals surface area contributed by atoms with E-state index in [1.54, 1.807) is 4.90 Å². The number of hydrogen-bond donors (Lipinski definition) is 1. The van der Waals surface area contributed by atoms with E-state index in [2.05, 4.69) is 21.2 Å². The highest BCUT2D eigenvalue weighted by molar-refractivity contribution is 9.10. The second-order valence-electron chi connectivity index (χ2n) is 9.23. The van der Waals surface area contributed by atoms with Gasteiger partial charge in [0.15, 0.2) is 6.61 Å². The van der Waals surface area contributed by atoms with Gasteiger partial charge in [0.1, 0.15) is 11.8 Å². The summed E-state index contributed by atoms with van der Waals surface area (Å²) in [5.41, 5.74) is 4.02. The molecule has 0 aliphatic heterocycles. The molecule has 2 unspecified atom stereocenters. The van der Waals surface area contributed by atoms with Crippen LogP contribution >= 0.6 is 15.9 Å². The third kappa shape index (κ3) is 7.95. The zero-order valence-corrected chi connectivity index (χ0v) is 23.0. The molecule has 3 aromatic carbocycles. The van der Waals surface area contributed by atoms with E-state index in [9.17, 15) is 9.59 Å². The van der Waals surface area contributed by atoms with Crippen molar-refractivity contribution < 1.29 is 14.3 Å². The molecule has 0 aliphatic rings. The Morgan fingerprint density at radius 3 is 2.36 bits per heavy atom. The molecule has 0 heterocycles. The Balaban J connectivity index is 1.92. The highest BCUT2D eigenvalue weighted by Crippen LogP contribution is 2.21. The van der Waals surface area contributed by atoms with Crippen molar-refractivity contribution in [3.8, 4) is 5.75 Å². The van der Waals surface area contributed by atoms with Gasteiger partial charge in [-0.3, -0.25) is 9.59 Å². The molecule has 0 saturated heterocycles. The smallest absolute Gasteiger partial charge is 0.261 e. The van der Waals surface area contributed by atoms with E-state index < -0.39 is 6.04 Å². The quantitative estimate of drug-likeness (QED) is 0.318. The molecule has 3 rings (SSSR count). The van der Waals surface area contributed by atoms with Crippen molar-refractivity contribution in [2.75, 3.05) is 6.61 Å². The average molecular weight is 552 g/mol. The fourth-order valence-electron chi connectivity index (χ4n) is 4.01. The second-order valence-corrected chi connectivity index (χ2v) is 10.1. The van der Waals surface area contributed by atoms with E-state index in [0.29, 0.717) is 18.7 Å². The van der Waals surface area contributed by atoms with Gasteiger partial charge in [0.05, 0.1) is 0 Å². The molecule has 6 heteroatoms. The molecule has 0 spiro atoms. The lowest BCUT2D eigenvalue weighted by atomic mass is 10.0. The van der Waals surface area contributed by atoms with Crippen LogP contribution in [0.3, 0.4) is 0 Å². The lowest BCUT2D eigenvalue weighted by Gasteiger charge is -2.32. The van der Waals surface area contributed by atoms with Gasteiger partial charge in [0.25, 0.3) is 5.91 Å². The Hall–Kier alpha value is -3.12. The molecule has 0 radical (unpaired) electrons. The topological polar surface area (TPSA) is 58.6 Å². The van der Waals surface area contributed by atoms with Gasteiger partial charge in [0, 0.05) is 23.5 Å². The summed E-state index contributed by atoms with van der Waals surface area (Å²) in [5, 5.41) is 3.09. The summed E-state index contributed by atoms with van der Waals surface area (Å²) in [6, 6.07) is 22.8. The Kier molecular flexibility index (Phi) is 10.1. The zero-order chi connectivity index (χ0) is 26.1. The first kappa shape index (κ1) is 27.5. The Morgan fingerprint density at radius 2 is 1.69 bits per heavy atom. The summed E-state index contributed by atoms with van der Waals surface area (Å²) in [6.45, 7) is 8.12. The Labute approximate surface area is 223 Å². The summed E-state index contributed by atoms with van der Waals surface area (Å²) in [6.07, 6.45) is 1.21. The first-order valence-corrected chi connectivity index (χ1v) is 13.1. The number of hydrogen-bond acceptors (Lipinski definition) is 3. The van der Waals surface area contributed by atoms with Crippen LogP contribution in [0.2, 0.25) is 0 Å². The van der Waals surface area contributed by atoms with Crippen LogP contribution in [0.1, 0.15) is 42.5 Å². The van der Waals surface area contributed by atoms with Crippen molar-refractivity contribution in [3.05, 3.63) is 99.5 Å². The number of amides is 2. The second kappa shape index (κ2) is 13.3. The van der Waals surface area contributed by atoms with E-state index in [1.165, 1.54) is 0 Å². The van der Waals surface area contributed by atoms with E-state index in [-0.39, 0.29) is 24.5 Å². The molecule has 36 heavy (non-hydrogen) atoms. The maximum absolute atomic E-state index is 13.7. The summed E-state index contributed by atoms with van der Waals surface area (Å²) in [5.74, 6) is 0.262. The minimum Gasteiger partial charge on any atom is -0.483 e. The fraction of sp³-hybridized carbons (Fsp3) is 0.333. The molecule has 190 valence electrons. The number of halogens is 1. The standard InChI is InChI=1S/C30H35BrN2O3/c1-5-23(4)32-30(35)27(18-24-10-7-6-8-11-24)33(19-25-12-9-13-26(31)17-25)29(34)20-36-28-15-14-21(2)16-22(28)3/h6-17,23,27H,5,18-20H2,1-4H3,(H,32,35). The van der Waals surface area contributed by atoms with Crippen LogP contribution in [0.4, 0.5) is 0 Å². The van der Waals surface area contributed by atoms with Crippen molar-refractivity contribution in [1.29, 1.82) is 0 Å². The van der Waals surface area contributed by atoms with Crippen molar-refractivity contribution in [2.24, 2.45) is 0 Å². The third-order valence-corrected chi connectivity index (χ3v) is 6.69. The molecule has 5 nitrogen and oxygen atoms in total. The first-order chi connectivity index (χ1) is 17.3. The van der Waals surface area contributed by atoms with Gasteiger partial charge in [-0.05, 0) is 62.1 Å². The SMILES string of the molecule is CCC(C)NC(=O)C(Cc1ccccc1)N(Cc1cccc(Br)c1)C(=O)COc1ccc(C)cc1C. The molecule has 0 fully saturated rings. The minimum absolute atomic E-state index is 0.00468. The van der Waals surface area contributed by atoms with E-state index in [4.69, 9.17) is 4.74 Å². The van der Waals surface area contributed by atoms with Crippen LogP contribution in [0, 0.1) is 13.8 Å². The minimum atomic E-state index is -0.685. The molecule has 3 aromatic rings. The summed E-state index contributed by atoms with van der Waals surface area (Å²) < 4.78 is 6.87. The largest absolute Gasteiger partial charge is 0.483 e. The molecule has 0 bridgehead atoms. The van der Waals surface area contributed by atoms with Crippen molar-refractivity contribution >= 4 is 27.7 Å². The highest BCUT2D eigenvalue weighted by atomic mass is 79.9. The number of nitrogens with zero attached hydrogens (tertiary/aromatic N) is 1. The van der Waals surface area contributed by atoms with Crippen LogP contribution in [0.25, 0.3) is 0 Å². The van der Waals surface area contributed by atoms with Gasteiger partial charge in [0.2, 0.25) is 5.91 Å². The van der Waals surface area contributed by atoms with Crippen LogP contribution in [-0.2, 0) is 22.6 Å². The van der Waals surface area contributed by atoms with Gasteiger partial charge in [-0.1, -0.05) is 83.0 Å². The number of ether oxygens (including phenoxy) is 1. The summed E-state index contributed by atoms with van der Waals surface area (Å²) >= 11 is 3.52. The van der Waals surface area contributed by atoms with Gasteiger partial charge in [-0.25, -0.2) is 0 Å². The fourth-order valence-corrected chi connectivity index (χ4v) is 4.46. The van der Waals surface area contributed by atoms with Crippen molar-refractivity contribution in [2.45, 2.75) is 59.2 Å². The van der Waals surface area contributed by atoms with Crippen LogP contribution < -0.4 is 10.1 Å².